The molecule has 0 heterocycles. The standard InChI is InChI=1S/C29H50O2/c1-7-29(31)16-8-15-27(5)21(19-29)9-10-22-24-12-11-23(20(2)13-17-26(3,4)30)28(24,6)18-14-25(22)27/h9,20,22-25,30-31H,7-8,10-19H2,1-6H3/t20-,22+,23-,24+,25+,27+,28-,29+/m1/s1. The van der Waals surface area contributed by atoms with Crippen LogP contribution < -0.4 is 0 Å². The van der Waals surface area contributed by atoms with E-state index in [1.807, 2.05) is 13.8 Å². The lowest BCUT2D eigenvalue weighted by molar-refractivity contribution is -0.0486. The molecule has 4 aliphatic rings. The summed E-state index contributed by atoms with van der Waals surface area (Å²) >= 11 is 0. The molecular weight excluding hydrogens is 380 g/mol. The van der Waals surface area contributed by atoms with Crippen molar-refractivity contribution in [2.75, 3.05) is 0 Å². The molecule has 178 valence electrons. The average molecular weight is 431 g/mol. The molecule has 0 aromatic carbocycles. The normalized spacial score (nSPS) is 46.4. The first-order valence-electron chi connectivity index (χ1n) is 13.6. The molecule has 0 spiro atoms. The molecule has 2 N–H and O–H groups in total. The maximum Gasteiger partial charge on any atom is 0.0682 e. The number of hydrogen-bond donors (Lipinski definition) is 2. The van der Waals surface area contributed by atoms with E-state index in [4.69, 9.17) is 0 Å². The van der Waals surface area contributed by atoms with Gasteiger partial charge in [-0.05, 0) is 131 Å². The quantitative estimate of drug-likeness (QED) is 0.450. The third-order valence-corrected chi connectivity index (χ3v) is 11.1. The van der Waals surface area contributed by atoms with Crippen LogP contribution in [0.5, 0.6) is 0 Å². The fraction of sp³-hybridized carbons (Fsp3) is 0.931. The summed E-state index contributed by atoms with van der Waals surface area (Å²) in [6, 6.07) is 0. The van der Waals surface area contributed by atoms with Gasteiger partial charge in [-0.1, -0.05) is 39.3 Å². The SMILES string of the molecule is CC[C@]1(O)CCC[C@@]2(C)C(=CC[C@H]3[C@@H]4CC[C@H]([C@H](C)CCC(C)(C)O)[C@@]4(C)CC[C@@H]32)C1. The van der Waals surface area contributed by atoms with Gasteiger partial charge < -0.3 is 10.2 Å². The summed E-state index contributed by atoms with van der Waals surface area (Å²) < 4.78 is 0. The van der Waals surface area contributed by atoms with Crippen molar-refractivity contribution in [1.29, 1.82) is 0 Å². The largest absolute Gasteiger partial charge is 0.390 e. The number of rotatable bonds is 5. The molecule has 4 rings (SSSR count). The summed E-state index contributed by atoms with van der Waals surface area (Å²) in [5.74, 6) is 4.05. The molecule has 0 unspecified atom stereocenters. The van der Waals surface area contributed by atoms with Crippen LogP contribution in [0.25, 0.3) is 0 Å². The molecule has 3 fully saturated rings. The van der Waals surface area contributed by atoms with Gasteiger partial charge in [0.05, 0.1) is 11.2 Å². The van der Waals surface area contributed by atoms with E-state index in [9.17, 15) is 10.2 Å². The highest BCUT2D eigenvalue weighted by atomic mass is 16.3. The molecule has 0 aliphatic heterocycles. The maximum absolute atomic E-state index is 11.1. The highest BCUT2D eigenvalue weighted by molar-refractivity contribution is 5.25. The summed E-state index contributed by atoms with van der Waals surface area (Å²) in [6.07, 6.45) is 16.7. The van der Waals surface area contributed by atoms with E-state index in [1.54, 1.807) is 5.57 Å². The lowest BCUT2D eigenvalue weighted by atomic mass is 9.48. The molecular formula is C29H50O2. The van der Waals surface area contributed by atoms with Crippen LogP contribution in [-0.4, -0.2) is 21.4 Å². The Morgan fingerprint density at radius 2 is 1.84 bits per heavy atom. The van der Waals surface area contributed by atoms with E-state index in [0.29, 0.717) is 16.7 Å². The van der Waals surface area contributed by atoms with E-state index in [-0.39, 0.29) is 0 Å². The minimum absolute atomic E-state index is 0.314. The Balaban J connectivity index is 1.54. The molecule has 2 nitrogen and oxygen atoms in total. The molecule has 8 atom stereocenters. The molecule has 0 saturated heterocycles. The number of allylic oxidation sites excluding steroid dienone is 1. The van der Waals surface area contributed by atoms with Crippen LogP contribution in [0.1, 0.15) is 119 Å². The third-order valence-electron chi connectivity index (χ3n) is 11.1. The maximum atomic E-state index is 11.1. The topological polar surface area (TPSA) is 40.5 Å². The Kier molecular flexibility index (Phi) is 6.26. The van der Waals surface area contributed by atoms with Crippen molar-refractivity contribution in [3.63, 3.8) is 0 Å². The Bertz CT molecular complexity index is 689. The average Bonchev–Trinajstić information content (AvgIpc) is 2.98. The zero-order valence-corrected chi connectivity index (χ0v) is 21.3. The van der Waals surface area contributed by atoms with Crippen molar-refractivity contribution in [2.24, 2.45) is 40.4 Å². The Morgan fingerprint density at radius 1 is 1.10 bits per heavy atom. The van der Waals surface area contributed by atoms with Gasteiger partial charge in [0.1, 0.15) is 0 Å². The molecule has 0 aromatic rings. The number of aliphatic hydroxyl groups is 2. The molecule has 0 amide bonds. The first-order chi connectivity index (χ1) is 14.4. The fourth-order valence-electron chi connectivity index (χ4n) is 9.06. The Labute approximate surface area is 192 Å². The monoisotopic (exact) mass is 430 g/mol. The van der Waals surface area contributed by atoms with Crippen molar-refractivity contribution >= 4 is 0 Å². The van der Waals surface area contributed by atoms with Gasteiger partial charge in [-0.15, -0.1) is 0 Å². The van der Waals surface area contributed by atoms with E-state index in [0.717, 1.165) is 55.8 Å². The van der Waals surface area contributed by atoms with E-state index < -0.39 is 11.2 Å². The summed E-state index contributed by atoms with van der Waals surface area (Å²) in [4.78, 5) is 0. The lowest BCUT2D eigenvalue weighted by Crippen LogP contribution is -2.49. The van der Waals surface area contributed by atoms with Crippen LogP contribution in [0.15, 0.2) is 11.6 Å². The predicted octanol–water partition coefficient (Wildman–Crippen LogP) is 7.28. The van der Waals surface area contributed by atoms with Crippen LogP contribution in [0.2, 0.25) is 0 Å². The van der Waals surface area contributed by atoms with Gasteiger partial charge in [0.15, 0.2) is 0 Å². The van der Waals surface area contributed by atoms with Gasteiger partial charge in [-0.3, -0.25) is 0 Å². The van der Waals surface area contributed by atoms with Gasteiger partial charge in [-0.2, -0.15) is 0 Å². The fourth-order valence-corrected chi connectivity index (χ4v) is 9.06. The summed E-state index contributed by atoms with van der Waals surface area (Å²) in [5, 5.41) is 21.4. The molecule has 31 heavy (non-hydrogen) atoms. The van der Waals surface area contributed by atoms with Gasteiger partial charge in [-0.25, -0.2) is 0 Å². The minimum Gasteiger partial charge on any atom is -0.390 e. The van der Waals surface area contributed by atoms with Crippen LogP contribution in [-0.2, 0) is 0 Å². The third kappa shape index (κ3) is 4.18. The Hall–Kier alpha value is -0.340. The second kappa shape index (κ2) is 8.15. The number of hydrogen-bond acceptors (Lipinski definition) is 2. The van der Waals surface area contributed by atoms with Crippen LogP contribution in [0, 0.1) is 40.4 Å². The van der Waals surface area contributed by atoms with E-state index >= 15 is 0 Å². The van der Waals surface area contributed by atoms with Gasteiger partial charge in [0.25, 0.3) is 0 Å². The van der Waals surface area contributed by atoms with Crippen molar-refractivity contribution in [2.45, 2.75) is 130 Å². The molecule has 0 radical (unpaired) electrons. The van der Waals surface area contributed by atoms with Crippen molar-refractivity contribution < 1.29 is 10.2 Å². The zero-order chi connectivity index (χ0) is 22.7. The lowest BCUT2D eigenvalue weighted by Gasteiger charge is -2.57. The minimum atomic E-state index is -0.538. The molecule has 0 bridgehead atoms. The van der Waals surface area contributed by atoms with Gasteiger partial charge >= 0.3 is 0 Å². The first-order valence-corrected chi connectivity index (χ1v) is 13.6. The molecule has 2 heteroatoms. The van der Waals surface area contributed by atoms with Gasteiger partial charge in [0, 0.05) is 0 Å². The van der Waals surface area contributed by atoms with Gasteiger partial charge in [0.2, 0.25) is 0 Å². The highest BCUT2D eigenvalue weighted by Gasteiger charge is 2.59. The second-order valence-corrected chi connectivity index (χ2v) is 13.4. The first kappa shape index (κ1) is 23.8. The van der Waals surface area contributed by atoms with E-state index in [2.05, 4.69) is 33.8 Å². The summed E-state index contributed by atoms with van der Waals surface area (Å²) in [5.41, 5.74) is 1.40. The van der Waals surface area contributed by atoms with Crippen molar-refractivity contribution in [3.8, 4) is 0 Å². The summed E-state index contributed by atoms with van der Waals surface area (Å²) in [6.45, 7) is 13.8. The smallest absolute Gasteiger partial charge is 0.0682 e. The molecule has 4 aliphatic carbocycles. The highest BCUT2D eigenvalue weighted by Crippen LogP contribution is 2.67. The predicted molar refractivity (Wildman–Crippen MR) is 130 cm³/mol. The van der Waals surface area contributed by atoms with Crippen LogP contribution >= 0.6 is 0 Å². The molecule has 0 aromatic heterocycles. The Morgan fingerprint density at radius 3 is 2.52 bits per heavy atom. The van der Waals surface area contributed by atoms with Crippen LogP contribution in [0.4, 0.5) is 0 Å². The second-order valence-electron chi connectivity index (χ2n) is 13.4. The van der Waals surface area contributed by atoms with Crippen LogP contribution in [0.3, 0.4) is 0 Å². The van der Waals surface area contributed by atoms with Crippen molar-refractivity contribution in [3.05, 3.63) is 11.6 Å². The summed E-state index contributed by atoms with van der Waals surface area (Å²) in [7, 11) is 0. The zero-order valence-electron chi connectivity index (χ0n) is 21.3. The van der Waals surface area contributed by atoms with E-state index in [1.165, 1.54) is 44.9 Å². The molecule has 3 saturated carbocycles. The number of fused-ring (bicyclic) bond motifs is 5. The van der Waals surface area contributed by atoms with Crippen molar-refractivity contribution in [1.82, 2.24) is 0 Å².